The van der Waals surface area contributed by atoms with Gasteiger partial charge < -0.3 is 0 Å². The third kappa shape index (κ3) is 2.61. The maximum atomic E-state index is 9.97. The van der Waals surface area contributed by atoms with Crippen LogP contribution in [0.25, 0.3) is 5.57 Å². The highest BCUT2D eigenvalue weighted by Gasteiger charge is 1.91. The van der Waals surface area contributed by atoms with Crippen LogP contribution in [-0.4, -0.2) is 6.29 Å². The van der Waals surface area contributed by atoms with Gasteiger partial charge in [0.2, 0.25) is 0 Å². The molecular weight excluding hydrogens is 160 g/mol. The molecule has 1 rings (SSSR count). The molecule has 0 aromatic heterocycles. The second-order valence-electron chi connectivity index (χ2n) is 2.74. The van der Waals surface area contributed by atoms with Crippen molar-refractivity contribution in [1.82, 2.24) is 0 Å². The SMILES string of the molecule is C=C(C)c1ccc(C#CC=O)cc1. The molecule has 0 atom stereocenters. The van der Waals surface area contributed by atoms with E-state index in [2.05, 4.69) is 18.4 Å². The van der Waals surface area contributed by atoms with Crippen LogP contribution in [0.4, 0.5) is 0 Å². The molecule has 1 heteroatoms. The summed E-state index contributed by atoms with van der Waals surface area (Å²) in [5.74, 6) is 5.07. The predicted octanol–water partition coefficient (Wildman–Crippen LogP) is 2.27. The Morgan fingerprint density at radius 2 is 2.00 bits per heavy atom. The number of hydrogen-bond acceptors (Lipinski definition) is 1. The van der Waals surface area contributed by atoms with Crippen molar-refractivity contribution in [3.8, 4) is 11.8 Å². The van der Waals surface area contributed by atoms with Crippen LogP contribution in [-0.2, 0) is 4.79 Å². The first kappa shape index (κ1) is 9.28. The van der Waals surface area contributed by atoms with Crippen molar-refractivity contribution in [1.29, 1.82) is 0 Å². The van der Waals surface area contributed by atoms with Gasteiger partial charge in [0.25, 0.3) is 0 Å². The summed E-state index contributed by atoms with van der Waals surface area (Å²) in [7, 11) is 0. The van der Waals surface area contributed by atoms with Crippen LogP contribution in [0.3, 0.4) is 0 Å². The summed E-state index contributed by atoms with van der Waals surface area (Å²) in [6.45, 7) is 5.78. The van der Waals surface area contributed by atoms with Gasteiger partial charge in [-0.15, -0.1) is 0 Å². The van der Waals surface area contributed by atoms with Crippen molar-refractivity contribution < 1.29 is 4.79 Å². The molecule has 0 spiro atoms. The zero-order chi connectivity index (χ0) is 9.68. The molecule has 0 aliphatic rings. The van der Waals surface area contributed by atoms with Gasteiger partial charge in [-0.1, -0.05) is 30.2 Å². The van der Waals surface area contributed by atoms with Crippen LogP contribution < -0.4 is 0 Å². The lowest BCUT2D eigenvalue weighted by molar-refractivity contribution is -0.103. The van der Waals surface area contributed by atoms with Gasteiger partial charge >= 0.3 is 0 Å². The molecule has 1 aromatic rings. The van der Waals surface area contributed by atoms with Gasteiger partial charge in [0, 0.05) is 5.56 Å². The quantitative estimate of drug-likeness (QED) is 0.466. The normalized spacial score (nSPS) is 8.38. The lowest BCUT2D eigenvalue weighted by Gasteiger charge is -1.97. The van der Waals surface area contributed by atoms with Gasteiger partial charge in [-0.2, -0.15) is 0 Å². The van der Waals surface area contributed by atoms with E-state index in [0.717, 1.165) is 16.7 Å². The van der Waals surface area contributed by atoms with E-state index in [0.29, 0.717) is 6.29 Å². The fourth-order valence-corrected chi connectivity index (χ4v) is 0.951. The average molecular weight is 170 g/mol. The molecule has 0 aliphatic carbocycles. The molecule has 1 nitrogen and oxygen atoms in total. The number of hydrogen-bond donors (Lipinski definition) is 0. The van der Waals surface area contributed by atoms with E-state index in [-0.39, 0.29) is 0 Å². The Morgan fingerprint density at radius 1 is 1.38 bits per heavy atom. The van der Waals surface area contributed by atoms with E-state index in [1.165, 1.54) is 0 Å². The Hall–Kier alpha value is -1.81. The molecule has 0 saturated carbocycles. The molecule has 0 N–H and O–H groups in total. The standard InChI is InChI=1S/C12H10O/c1-10(2)12-7-5-11(6-8-12)4-3-9-13/h5-9H,1H2,2H3. The van der Waals surface area contributed by atoms with Crippen LogP contribution in [0.15, 0.2) is 30.8 Å². The molecule has 1 aromatic carbocycles. The van der Waals surface area contributed by atoms with Crippen molar-refractivity contribution in [2.24, 2.45) is 0 Å². The molecule has 0 unspecified atom stereocenters. The Balaban J connectivity index is 2.93. The van der Waals surface area contributed by atoms with Crippen LogP contribution in [0.2, 0.25) is 0 Å². The summed E-state index contributed by atoms with van der Waals surface area (Å²) in [6.07, 6.45) is 0.590. The van der Waals surface area contributed by atoms with Crippen LogP contribution in [0, 0.1) is 11.8 Å². The molecule has 0 saturated heterocycles. The Bertz CT molecular complexity index is 374. The highest BCUT2D eigenvalue weighted by molar-refractivity contribution is 5.74. The molecule has 0 heterocycles. The molecular formula is C12H10O. The van der Waals surface area contributed by atoms with Crippen molar-refractivity contribution in [3.63, 3.8) is 0 Å². The minimum absolute atomic E-state index is 0.590. The van der Waals surface area contributed by atoms with Crippen LogP contribution >= 0.6 is 0 Å². The highest BCUT2D eigenvalue weighted by atomic mass is 16.1. The molecule has 13 heavy (non-hydrogen) atoms. The van der Waals surface area contributed by atoms with Gasteiger partial charge in [0.1, 0.15) is 0 Å². The largest absolute Gasteiger partial charge is 0.289 e. The molecule has 0 fully saturated rings. The summed E-state index contributed by atoms with van der Waals surface area (Å²) in [4.78, 5) is 9.97. The van der Waals surface area contributed by atoms with Gasteiger partial charge in [-0.3, -0.25) is 4.79 Å². The number of aldehydes is 1. The minimum atomic E-state index is 0.590. The van der Waals surface area contributed by atoms with E-state index in [4.69, 9.17) is 0 Å². The summed E-state index contributed by atoms with van der Waals surface area (Å²) in [5.41, 5.74) is 2.96. The maximum Gasteiger partial charge on any atom is 0.193 e. The average Bonchev–Trinajstić information content (AvgIpc) is 2.15. The first-order chi connectivity index (χ1) is 6.24. The maximum absolute atomic E-state index is 9.97. The lowest BCUT2D eigenvalue weighted by Crippen LogP contribution is -1.79. The molecule has 0 aliphatic heterocycles. The zero-order valence-electron chi connectivity index (χ0n) is 7.50. The zero-order valence-corrected chi connectivity index (χ0v) is 7.50. The van der Waals surface area contributed by atoms with Crippen LogP contribution in [0.5, 0.6) is 0 Å². The Labute approximate surface area is 78.1 Å². The van der Waals surface area contributed by atoms with Crippen molar-refractivity contribution in [2.75, 3.05) is 0 Å². The smallest absolute Gasteiger partial charge is 0.193 e. The molecule has 64 valence electrons. The third-order valence-electron chi connectivity index (χ3n) is 1.65. The number of carbonyl (C=O) groups excluding carboxylic acids is 1. The van der Waals surface area contributed by atoms with Crippen LogP contribution in [0.1, 0.15) is 18.1 Å². The monoisotopic (exact) mass is 170 g/mol. The van der Waals surface area contributed by atoms with Crippen molar-refractivity contribution >= 4 is 11.9 Å². The lowest BCUT2D eigenvalue weighted by atomic mass is 10.1. The fraction of sp³-hybridized carbons (Fsp3) is 0.0833. The van der Waals surface area contributed by atoms with Gasteiger partial charge in [0.15, 0.2) is 6.29 Å². The van der Waals surface area contributed by atoms with E-state index in [1.807, 2.05) is 31.2 Å². The highest BCUT2D eigenvalue weighted by Crippen LogP contribution is 2.11. The molecule has 0 amide bonds. The first-order valence-electron chi connectivity index (χ1n) is 3.95. The number of benzene rings is 1. The number of carbonyl (C=O) groups is 1. The summed E-state index contributed by atoms with van der Waals surface area (Å²) >= 11 is 0. The van der Waals surface area contributed by atoms with E-state index in [1.54, 1.807) is 0 Å². The van der Waals surface area contributed by atoms with Gasteiger partial charge in [0.05, 0.1) is 0 Å². The van der Waals surface area contributed by atoms with E-state index in [9.17, 15) is 4.79 Å². The fourth-order valence-electron chi connectivity index (χ4n) is 0.951. The summed E-state index contributed by atoms with van der Waals surface area (Å²) in [6, 6.07) is 7.63. The Morgan fingerprint density at radius 3 is 2.46 bits per heavy atom. The molecule has 0 bridgehead atoms. The molecule has 0 radical (unpaired) electrons. The topological polar surface area (TPSA) is 17.1 Å². The van der Waals surface area contributed by atoms with Crippen molar-refractivity contribution in [3.05, 3.63) is 42.0 Å². The summed E-state index contributed by atoms with van der Waals surface area (Å²) < 4.78 is 0. The minimum Gasteiger partial charge on any atom is -0.289 e. The third-order valence-corrected chi connectivity index (χ3v) is 1.65. The number of allylic oxidation sites excluding steroid dienone is 1. The van der Waals surface area contributed by atoms with Crippen molar-refractivity contribution in [2.45, 2.75) is 6.92 Å². The second kappa shape index (κ2) is 4.27. The second-order valence-corrected chi connectivity index (χ2v) is 2.74. The summed E-state index contributed by atoms with van der Waals surface area (Å²) in [5, 5.41) is 0. The van der Waals surface area contributed by atoms with E-state index >= 15 is 0 Å². The Kier molecular flexibility index (Phi) is 3.05. The van der Waals surface area contributed by atoms with Gasteiger partial charge in [-0.05, 0) is 30.5 Å². The predicted molar refractivity (Wildman–Crippen MR) is 54.1 cm³/mol. The van der Waals surface area contributed by atoms with Gasteiger partial charge in [-0.25, -0.2) is 0 Å². The first-order valence-corrected chi connectivity index (χ1v) is 3.95. The van der Waals surface area contributed by atoms with E-state index < -0.39 is 0 Å². The number of rotatable bonds is 1.